The maximum Gasteiger partial charge on any atom is 0.161 e. The highest BCUT2D eigenvalue weighted by Gasteiger charge is 2.13. The molecule has 0 aromatic heterocycles. The van der Waals surface area contributed by atoms with Crippen molar-refractivity contribution in [2.24, 2.45) is 5.73 Å². The van der Waals surface area contributed by atoms with Crippen molar-refractivity contribution in [2.75, 3.05) is 19.8 Å². The standard InChI is InChI=1S/C21H29NO2/c1-4-16-7-10-18(11-8-16)19(15-22)13-17-9-12-20(23-5-2)21(14-17)24-6-3/h7-12,14,19H,4-6,13,15,22H2,1-3H3. The maximum atomic E-state index is 6.04. The number of aryl methyl sites for hydroxylation is 1. The van der Waals surface area contributed by atoms with Gasteiger partial charge in [0.1, 0.15) is 0 Å². The predicted octanol–water partition coefficient (Wildman–Crippen LogP) is 4.33. The fourth-order valence-corrected chi connectivity index (χ4v) is 2.87. The molecule has 2 rings (SSSR count). The molecule has 1 atom stereocenters. The average molecular weight is 327 g/mol. The van der Waals surface area contributed by atoms with Gasteiger partial charge in [-0.1, -0.05) is 37.3 Å². The summed E-state index contributed by atoms with van der Waals surface area (Å²) in [7, 11) is 0. The van der Waals surface area contributed by atoms with E-state index >= 15 is 0 Å². The van der Waals surface area contributed by atoms with Gasteiger partial charge in [0.15, 0.2) is 11.5 Å². The molecular formula is C21H29NO2. The van der Waals surface area contributed by atoms with E-state index in [1.54, 1.807) is 0 Å². The van der Waals surface area contributed by atoms with Gasteiger partial charge in [-0.05, 0) is 62.1 Å². The summed E-state index contributed by atoms with van der Waals surface area (Å²) in [5, 5.41) is 0. The zero-order chi connectivity index (χ0) is 17.4. The van der Waals surface area contributed by atoms with Crippen LogP contribution in [0.4, 0.5) is 0 Å². The van der Waals surface area contributed by atoms with Gasteiger partial charge in [0, 0.05) is 5.92 Å². The first-order valence-corrected chi connectivity index (χ1v) is 8.89. The van der Waals surface area contributed by atoms with E-state index in [1.165, 1.54) is 16.7 Å². The molecule has 0 saturated carbocycles. The summed E-state index contributed by atoms with van der Waals surface area (Å²) in [6, 6.07) is 15.0. The monoisotopic (exact) mass is 327 g/mol. The lowest BCUT2D eigenvalue weighted by atomic mass is 9.91. The fourth-order valence-electron chi connectivity index (χ4n) is 2.87. The van der Waals surface area contributed by atoms with Gasteiger partial charge in [0.25, 0.3) is 0 Å². The molecule has 0 aliphatic carbocycles. The molecule has 2 aromatic rings. The van der Waals surface area contributed by atoms with Crippen molar-refractivity contribution >= 4 is 0 Å². The molecular weight excluding hydrogens is 298 g/mol. The van der Waals surface area contributed by atoms with Crippen LogP contribution in [0.15, 0.2) is 42.5 Å². The summed E-state index contributed by atoms with van der Waals surface area (Å²) in [5.74, 6) is 1.93. The lowest BCUT2D eigenvalue weighted by molar-refractivity contribution is 0.287. The fraction of sp³-hybridized carbons (Fsp3) is 0.429. The van der Waals surface area contributed by atoms with Crippen LogP contribution in [0.3, 0.4) is 0 Å². The normalized spacial score (nSPS) is 12.0. The van der Waals surface area contributed by atoms with Crippen LogP contribution in [0, 0.1) is 0 Å². The van der Waals surface area contributed by atoms with E-state index in [4.69, 9.17) is 15.2 Å². The van der Waals surface area contributed by atoms with Crippen LogP contribution in [-0.4, -0.2) is 19.8 Å². The van der Waals surface area contributed by atoms with Gasteiger partial charge >= 0.3 is 0 Å². The SMILES string of the molecule is CCOc1ccc(CC(CN)c2ccc(CC)cc2)cc1OCC. The van der Waals surface area contributed by atoms with Crippen molar-refractivity contribution in [1.29, 1.82) is 0 Å². The van der Waals surface area contributed by atoms with Gasteiger partial charge in [0.05, 0.1) is 13.2 Å². The second kappa shape index (κ2) is 9.33. The van der Waals surface area contributed by atoms with E-state index in [1.807, 2.05) is 19.9 Å². The van der Waals surface area contributed by atoms with E-state index in [9.17, 15) is 0 Å². The molecule has 0 spiro atoms. The number of hydrogen-bond acceptors (Lipinski definition) is 3. The maximum absolute atomic E-state index is 6.04. The molecule has 0 radical (unpaired) electrons. The van der Waals surface area contributed by atoms with Gasteiger partial charge < -0.3 is 15.2 Å². The van der Waals surface area contributed by atoms with Crippen molar-refractivity contribution < 1.29 is 9.47 Å². The lowest BCUT2D eigenvalue weighted by Crippen LogP contribution is -2.15. The van der Waals surface area contributed by atoms with Crippen molar-refractivity contribution in [1.82, 2.24) is 0 Å². The molecule has 24 heavy (non-hydrogen) atoms. The first-order chi connectivity index (χ1) is 11.7. The van der Waals surface area contributed by atoms with Crippen molar-refractivity contribution in [3.8, 4) is 11.5 Å². The zero-order valence-corrected chi connectivity index (χ0v) is 15.0. The summed E-state index contributed by atoms with van der Waals surface area (Å²) in [6.07, 6.45) is 1.96. The van der Waals surface area contributed by atoms with Crippen LogP contribution in [0.25, 0.3) is 0 Å². The summed E-state index contributed by atoms with van der Waals surface area (Å²) < 4.78 is 11.4. The van der Waals surface area contributed by atoms with Gasteiger partial charge in [0.2, 0.25) is 0 Å². The van der Waals surface area contributed by atoms with E-state index in [-0.39, 0.29) is 0 Å². The minimum absolute atomic E-state index is 0.309. The number of benzene rings is 2. The molecule has 2 aromatic carbocycles. The summed E-state index contributed by atoms with van der Waals surface area (Å²) in [5.41, 5.74) is 9.91. The molecule has 0 amide bonds. The molecule has 0 aliphatic heterocycles. The molecule has 3 heteroatoms. The van der Waals surface area contributed by atoms with Crippen LogP contribution < -0.4 is 15.2 Å². The minimum atomic E-state index is 0.309. The molecule has 3 nitrogen and oxygen atoms in total. The molecule has 0 heterocycles. The molecule has 1 unspecified atom stereocenters. The van der Waals surface area contributed by atoms with E-state index < -0.39 is 0 Å². The number of nitrogens with two attached hydrogens (primary N) is 1. The smallest absolute Gasteiger partial charge is 0.161 e. The average Bonchev–Trinajstić information content (AvgIpc) is 2.62. The van der Waals surface area contributed by atoms with Crippen molar-refractivity contribution in [3.63, 3.8) is 0 Å². The van der Waals surface area contributed by atoms with Gasteiger partial charge in [-0.15, -0.1) is 0 Å². The lowest BCUT2D eigenvalue weighted by Gasteiger charge is -2.18. The number of rotatable bonds is 9. The minimum Gasteiger partial charge on any atom is -0.490 e. The summed E-state index contributed by atoms with van der Waals surface area (Å²) in [4.78, 5) is 0. The molecule has 0 saturated heterocycles. The first-order valence-electron chi connectivity index (χ1n) is 8.89. The van der Waals surface area contributed by atoms with E-state index in [0.717, 1.165) is 24.3 Å². The molecule has 0 fully saturated rings. The van der Waals surface area contributed by atoms with Gasteiger partial charge in [-0.3, -0.25) is 0 Å². The third-order valence-corrected chi connectivity index (χ3v) is 4.23. The van der Waals surface area contributed by atoms with Crippen LogP contribution in [-0.2, 0) is 12.8 Å². The number of hydrogen-bond donors (Lipinski definition) is 1. The topological polar surface area (TPSA) is 44.5 Å². The Morgan fingerprint density at radius 1 is 0.833 bits per heavy atom. The highest BCUT2D eigenvalue weighted by atomic mass is 16.5. The third-order valence-electron chi connectivity index (χ3n) is 4.23. The molecule has 130 valence electrons. The second-order valence-corrected chi connectivity index (χ2v) is 5.88. The Morgan fingerprint density at radius 3 is 2.04 bits per heavy atom. The van der Waals surface area contributed by atoms with Crippen LogP contribution in [0.2, 0.25) is 0 Å². The molecule has 2 N–H and O–H groups in total. The number of ether oxygens (including phenoxy) is 2. The second-order valence-electron chi connectivity index (χ2n) is 5.88. The predicted molar refractivity (Wildman–Crippen MR) is 100 cm³/mol. The van der Waals surface area contributed by atoms with Crippen LogP contribution in [0.5, 0.6) is 11.5 Å². The van der Waals surface area contributed by atoms with Crippen LogP contribution in [0.1, 0.15) is 43.4 Å². The Bertz CT molecular complexity index is 622. The van der Waals surface area contributed by atoms with Crippen molar-refractivity contribution in [2.45, 2.75) is 39.5 Å². The molecule has 0 bridgehead atoms. The van der Waals surface area contributed by atoms with E-state index in [0.29, 0.717) is 25.7 Å². The van der Waals surface area contributed by atoms with Gasteiger partial charge in [-0.2, -0.15) is 0 Å². The Kier molecular flexibility index (Phi) is 7.13. The Balaban J connectivity index is 2.18. The summed E-state index contributed by atoms with van der Waals surface area (Å²) in [6.45, 7) is 8.03. The Labute approximate surface area is 145 Å². The highest BCUT2D eigenvalue weighted by molar-refractivity contribution is 5.43. The largest absolute Gasteiger partial charge is 0.490 e. The van der Waals surface area contributed by atoms with Gasteiger partial charge in [-0.25, -0.2) is 0 Å². The first kappa shape index (κ1) is 18.3. The highest BCUT2D eigenvalue weighted by Crippen LogP contribution is 2.30. The summed E-state index contributed by atoms with van der Waals surface area (Å²) >= 11 is 0. The van der Waals surface area contributed by atoms with Crippen LogP contribution >= 0.6 is 0 Å². The Morgan fingerprint density at radius 2 is 1.46 bits per heavy atom. The Hall–Kier alpha value is -2.00. The zero-order valence-electron chi connectivity index (χ0n) is 15.0. The van der Waals surface area contributed by atoms with E-state index in [2.05, 4.69) is 43.3 Å². The third kappa shape index (κ3) is 4.75. The molecule has 0 aliphatic rings. The quantitative estimate of drug-likeness (QED) is 0.745. The van der Waals surface area contributed by atoms with Crippen molar-refractivity contribution in [3.05, 3.63) is 59.2 Å².